The Hall–Kier alpha value is -2.12. The van der Waals surface area contributed by atoms with E-state index in [2.05, 4.69) is 52.1 Å². The molecule has 0 spiro atoms. The first-order valence-corrected chi connectivity index (χ1v) is 11.7. The topological polar surface area (TPSA) is 54.3 Å². The molecule has 5 nitrogen and oxygen atoms in total. The first-order valence-electron chi connectivity index (χ1n) is 10.0. The quantitative estimate of drug-likeness (QED) is 0.349. The number of methoxy groups -OCH3 is 1. The highest BCUT2D eigenvalue weighted by Crippen LogP contribution is 2.32. The molecule has 0 aliphatic carbocycles. The van der Waals surface area contributed by atoms with Crippen LogP contribution >= 0.6 is 27.7 Å². The summed E-state index contributed by atoms with van der Waals surface area (Å²) < 4.78 is 6.32. The Balaban J connectivity index is 1.86. The van der Waals surface area contributed by atoms with Gasteiger partial charge in [-0.05, 0) is 42.7 Å². The van der Waals surface area contributed by atoms with Gasteiger partial charge in [-0.3, -0.25) is 9.69 Å². The molecule has 1 atom stereocenters. The maximum atomic E-state index is 13.1. The Morgan fingerprint density at radius 2 is 2.07 bits per heavy atom. The summed E-state index contributed by atoms with van der Waals surface area (Å²) in [6, 6.07) is 13.8. The van der Waals surface area contributed by atoms with Gasteiger partial charge < -0.3 is 4.74 Å². The molecular weight excluding hydrogens is 462 g/mol. The predicted molar refractivity (Wildman–Crippen MR) is 128 cm³/mol. The summed E-state index contributed by atoms with van der Waals surface area (Å²) >= 11 is 4.98. The smallest absolute Gasteiger partial charge is 0.242 e. The molecule has 30 heavy (non-hydrogen) atoms. The van der Waals surface area contributed by atoms with Crippen LogP contribution in [0, 0.1) is 6.92 Å². The van der Waals surface area contributed by atoms with Crippen molar-refractivity contribution in [2.24, 2.45) is 10.2 Å². The normalized spacial score (nSPS) is 18.0. The number of thioether (sulfide) groups is 1. The van der Waals surface area contributed by atoms with Gasteiger partial charge in [0.2, 0.25) is 5.91 Å². The van der Waals surface area contributed by atoms with Gasteiger partial charge in [-0.2, -0.15) is 5.10 Å². The summed E-state index contributed by atoms with van der Waals surface area (Å²) in [5.74, 6) is 0.834. The number of nitrogens with zero attached hydrogens (tertiary/aromatic N) is 3. The Morgan fingerprint density at radius 3 is 2.80 bits per heavy atom. The molecule has 3 rings (SSSR count). The first kappa shape index (κ1) is 22.6. The second-order valence-corrected chi connectivity index (χ2v) is 9.20. The van der Waals surface area contributed by atoms with E-state index in [-0.39, 0.29) is 11.2 Å². The minimum atomic E-state index is -0.0941. The van der Waals surface area contributed by atoms with E-state index in [1.807, 2.05) is 30.3 Å². The van der Waals surface area contributed by atoms with E-state index < -0.39 is 0 Å². The van der Waals surface area contributed by atoms with Crippen molar-refractivity contribution in [3.05, 3.63) is 63.6 Å². The molecule has 0 N–H and O–H groups in total. The summed E-state index contributed by atoms with van der Waals surface area (Å²) in [7, 11) is 1.63. The Labute approximate surface area is 190 Å². The van der Waals surface area contributed by atoms with Crippen LogP contribution in [-0.4, -0.2) is 34.5 Å². The van der Waals surface area contributed by atoms with Gasteiger partial charge in [0.1, 0.15) is 5.75 Å². The van der Waals surface area contributed by atoms with Crippen molar-refractivity contribution in [3.8, 4) is 5.75 Å². The minimum absolute atomic E-state index is 0.0941. The largest absolute Gasteiger partial charge is 0.496 e. The van der Waals surface area contributed by atoms with Crippen molar-refractivity contribution in [2.45, 2.75) is 44.9 Å². The van der Waals surface area contributed by atoms with Gasteiger partial charge in [0, 0.05) is 10.0 Å². The number of unbranched alkanes of at least 4 members (excludes halogenated alkanes) is 1. The summed E-state index contributed by atoms with van der Waals surface area (Å²) in [6.45, 7) is 4.71. The van der Waals surface area contributed by atoms with Crippen LogP contribution < -0.4 is 4.74 Å². The number of amidine groups is 1. The van der Waals surface area contributed by atoms with Crippen LogP contribution in [0.15, 0.2) is 57.1 Å². The van der Waals surface area contributed by atoms with Crippen LogP contribution in [0.2, 0.25) is 0 Å². The van der Waals surface area contributed by atoms with Gasteiger partial charge in [-0.25, -0.2) is 0 Å². The molecule has 2 aromatic carbocycles. The zero-order valence-corrected chi connectivity index (χ0v) is 19.9. The van der Waals surface area contributed by atoms with E-state index in [0.717, 1.165) is 46.2 Å². The number of benzene rings is 2. The lowest BCUT2D eigenvalue weighted by Gasteiger charge is -2.17. The molecule has 1 saturated heterocycles. The molecule has 1 aliphatic heterocycles. The number of ether oxygens (including phenoxy) is 1. The van der Waals surface area contributed by atoms with E-state index in [9.17, 15) is 4.79 Å². The zero-order chi connectivity index (χ0) is 21.5. The summed E-state index contributed by atoms with van der Waals surface area (Å²) in [4.78, 5) is 14.8. The summed E-state index contributed by atoms with van der Waals surface area (Å²) in [6.07, 6.45) is 4.60. The lowest BCUT2D eigenvalue weighted by Crippen LogP contribution is -2.31. The maximum absolute atomic E-state index is 13.1. The molecule has 158 valence electrons. The molecule has 7 heteroatoms. The van der Waals surface area contributed by atoms with Crippen LogP contribution in [0.25, 0.3) is 0 Å². The third kappa shape index (κ3) is 5.52. The van der Waals surface area contributed by atoms with Crippen molar-refractivity contribution < 1.29 is 9.53 Å². The van der Waals surface area contributed by atoms with Crippen LogP contribution in [-0.2, 0) is 11.3 Å². The highest BCUT2D eigenvalue weighted by Gasteiger charge is 2.37. The number of hydrogen-bond donors (Lipinski definition) is 0. The first-order chi connectivity index (χ1) is 14.5. The third-order valence-corrected chi connectivity index (χ3v) is 6.69. The SMILES string of the molecule is CCCC[C@H]1S/C(=N\N=C/c2cc(Br)ccc2OC)N(Cc2ccccc2C)C1=O. The number of rotatable bonds is 8. The number of carbonyl (C=O) groups is 1. The number of halogens is 1. The number of carbonyl (C=O) groups excluding carboxylic acids is 1. The van der Waals surface area contributed by atoms with Crippen LogP contribution in [0.3, 0.4) is 0 Å². The van der Waals surface area contributed by atoms with Crippen LogP contribution in [0.5, 0.6) is 5.75 Å². The molecule has 1 fully saturated rings. The molecule has 2 aromatic rings. The minimum Gasteiger partial charge on any atom is -0.496 e. The predicted octanol–water partition coefficient (Wildman–Crippen LogP) is 5.79. The monoisotopic (exact) mass is 487 g/mol. The summed E-state index contributed by atoms with van der Waals surface area (Å²) in [5.41, 5.74) is 3.10. The van der Waals surface area contributed by atoms with Crippen LogP contribution in [0.1, 0.15) is 42.9 Å². The molecule has 0 radical (unpaired) electrons. The molecule has 0 aromatic heterocycles. The van der Waals surface area contributed by atoms with Crippen molar-refractivity contribution in [1.82, 2.24) is 4.90 Å². The second kappa shape index (κ2) is 10.8. The maximum Gasteiger partial charge on any atom is 0.242 e. The number of aryl methyl sites for hydroxylation is 1. The van der Waals surface area contributed by atoms with E-state index >= 15 is 0 Å². The second-order valence-electron chi connectivity index (χ2n) is 7.11. The van der Waals surface area contributed by atoms with Gasteiger partial charge in [-0.1, -0.05) is 71.7 Å². The molecule has 0 bridgehead atoms. The molecule has 0 unspecified atom stereocenters. The van der Waals surface area contributed by atoms with Gasteiger partial charge in [0.15, 0.2) is 5.17 Å². The molecule has 1 aliphatic rings. The Kier molecular flexibility index (Phi) is 8.10. The van der Waals surface area contributed by atoms with E-state index in [1.165, 1.54) is 11.8 Å². The van der Waals surface area contributed by atoms with Crippen molar-refractivity contribution in [1.29, 1.82) is 0 Å². The fraction of sp³-hybridized carbons (Fsp3) is 0.348. The fourth-order valence-electron chi connectivity index (χ4n) is 3.21. The third-order valence-electron chi connectivity index (χ3n) is 4.96. The standard InChI is InChI=1S/C23H26BrN3O2S/c1-4-5-10-21-22(28)27(15-17-9-7-6-8-16(17)2)23(30-21)26-25-14-18-13-19(24)11-12-20(18)29-3/h6-9,11-14,21H,4-5,10,15H2,1-3H3/b25-14-,26-23-/t21-/m1/s1. The lowest BCUT2D eigenvalue weighted by molar-refractivity contribution is -0.126. The van der Waals surface area contributed by atoms with E-state index in [0.29, 0.717) is 11.7 Å². The van der Waals surface area contributed by atoms with Crippen molar-refractivity contribution >= 4 is 45.0 Å². The van der Waals surface area contributed by atoms with Crippen molar-refractivity contribution in [3.63, 3.8) is 0 Å². The highest BCUT2D eigenvalue weighted by molar-refractivity contribution is 9.10. The highest BCUT2D eigenvalue weighted by atomic mass is 79.9. The Morgan fingerprint density at radius 1 is 1.27 bits per heavy atom. The fourth-order valence-corrected chi connectivity index (χ4v) is 4.73. The Bertz CT molecular complexity index is 961. The van der Waals surface area contributed by atoms with E-state index in [1.54, 1.807) is 18.2 Å². The average Bonchev–Trinajstić information content (AvgIpc) is 3.03. The lowest BCUT2D eigenvalue weighted by atomic mass is 10.1. The number of amides is 1. The van der Waals surface area contributed by atoms with Crippen LogP contribution in [0.4, 0.5) is 0 Å². The van der Waals surface area contributed by atoms with Gasteiger partial charge >= 0.3 is 0 Å². The average molecular weight is 488 g/mol. The van der Waals surface area contributed by atoms with E-state index in [4.69, 9.17) is 4.74 Å². The molecule has 0 saturated carbocycles. The molecule has 1 amide bonds. The van der Waals surface area contributed by atoms with Crippen molar-refractivity contribution in [2.75, 3.05) is 7.11 Å². The van der Waals surface area contributed by atoms with Gasteiger partial charge in [-0.15, -0.1) is 5.10 Å². The zero-order valence-electron chi connectivity index (χ0n) is 17.5. The van der Waals surface area contributed by atoms with Gasteiger partial charge in [0.25, 0.3) is 0 Å². The van der Waals surface area contributed by atoms with Gasteiger partial charge in [0.05, 0.1) is 25.1 Å². The number of hydrogen-bond acceptors (Lipinski definition) is 5. The summed E-state index contributed by atoms with van der Waals surface area (Å²) in [5, 5.41) is 9.26. The molecular formula is C23H26BrN3O2S. The molecule has 1 heterocycles.